The summed E-state index contributed by atoms with van der Waals surface area (Å²) in [4.78, 5) is 28.9. The van der Waals surface area contributed by atoms with Crippen molar-refractivity contribution in [1.82, 2.24) is 9.21 Å². The van der Waals surface area contributed by atoms with E-state index in [9.17, 15) is 18.0 Å². The van der Waals surface area contributed by atoms with Crippen LogP contribution in [0.1, 0.15) is 45.0 Å². The van der Waals surface area contributed by atoms with Crippen LogP contribution in [0.2, 0.25) is 0 Å². The van der Waals surface area contributed by atoms with Crippen LogP contribution in [0.5, 0.6) is 0 Å². The Morgan fingerprint density at radius 1 is 1.12 bits per heavy atom. The summed E-state index contributed by atoms with van der Waals surface area (Å²) in [6.07, 6.45) is 0. The molecule has 1 heterocycles. The molecule has 0 saturated carbocycles. The molecule has 1 saturated heterocycles. The van der Waals surface area contributed by atoms with E-state index in [1.165, 1.54) is 28.4 Å². The van der Waals surface area contributed by atoms with E-state index in [0.29, 0.717) is 45.1 Å². The quantitative estimate of drug-likeness (QED) is 0.537. The van der Waals surface area contributed by atoms with E-state index in [1.807, 2.05) is 4.90 Å². The standard InChI is InChI=1S/C22H35N3O6S/c1-7-25(8-2)32(28,29)17-9-10-19(24-11-13-30-14-12-24)18(15-17)21(27)23(6)16-20(26)31-22(3,4)5/h9-10,15H,7-8,11-14,16H2,1-6H3. The lowest BCUT2D eigenvalue weighted by Gasteiger charge is -2.31. The van der Waals surface area contributed by atoms with Crippen molar-refractivity contribution in [1.29, 1.82) is 0 Å². The molecule has 1 aromatic carbocycles. The Labute approximate surface area is 191 Å². The van der Waals surface area contributed by atoms with E-state index in [-0.39, 0.29) is 17.0 Å². The second-order valence-corrected chi connectivity index (χ2v) is 10.6. The number of rotatable bonds is 8. The van der Waals surface area contributed by atoms with Gasteiger partial charge in [-0.25, -0.2) is 8.42 Å². The fourth-order valence-corrected chi connectivity index (χ4v) is 4.97. The first-order valence-electron chi connectivity index (χ1n) is 10.8. The molecular weight excluding hydrogens is 434 g/mol. The van der Waals surface area contributed by atoms with E-state index < -0.39 is 27.5 Å². The highest BCUT2D eigenvalue weighted by Gasteiger charge is 2.28. The molecule has 2 rings (SSSR count). The number of amides is 1. The Morgan fingerprint density at radius 2 is 1.72 bits per heavy atom. The average molecular weight is 470 g/mol. The van der Waals surface area contributed by atoms with E-state index in [2.05, 4.69) is 0 Å². The highest BCUT2D eigenvalue weighted by molar-refractivity contribution is 7.89. The van der Waals surface area contributed by atoms with Crippen LogP contribution in [0.3, 0.4) is 0 Å². The number of hydrogen-bond acceptors (Lipinski definition) is 7. The second kappa shape index (κ2) is 10.6. The number of likely N-dealkylation sites (N-methyl/N-ethyl adjacent to an activating group) is 1. The Hall–Kier alpha value is -2.17. The molecule has 10 heteroatoms. The number of ether oxygens (including phenoxy) is 2. The van der Waals surface area contributed by atoms with Crippen molar-refractivity contribution in [2.75, 3.05) is 57.9 Å². The maximum Gasteiger partial charge on any atom is 0.326 e. The van der Waals surface area contributed by atoms with Gasteiger partial charge in [-0.15, -0.1) is 0 Å². The van der Waals surface area contributed by atoms with Crippen molar-refractivity contribution >= 4 is 27.6 Å². The second-order valence-electron chi connectivity index (χ2n) is 8.62. The van der Waals surface area contributed by atoms with Gasteiger partial charge in [0.05, 0.1) is 23.7 Å². The molecule has 9 nitrogen and oxygen atoms in total. The minimum absolute atomic E-state index is 0.0484. The Morgan fingerprint density at radius 3 is 2.25 bits per heavy atom. The van der Waals surface area contributed by atoms with Crippen LogP contribution in [0.25, 0.3) is 0 Å². The third-order valence-electron chi connectivity index (χ3n) is 5.03. The van der Waals surface area contributed by atoms with Gasteiger partial charge in [0.2, 0.25) is 10.0 Å². The molecule has 0 N–H and O–H groups in total. The van der Waals surface area contributed by atoms with Crippen molar-refractivity contribution < 1.29 is 27.5 Å². The summed E-state index contributed by atoms with van der Waals surface area (Å²) in [5, 5.41) is 0. The summed E-state index contributed by atoms with van der Waals surface area (Å²) in [6, 6.07) is 4.60. The first-order valence-corrected chi connectivity index (χ1v) is 12.3. The molecule has 0 bridgehead atoms. The zero-order chi connectivity index (χ0) is 24.1. The van der Waals surface area contributed by atoms with Gasteiger partial charge in [0.15, 0.2) is 0 Å². The Bertz CT molecular complexity index is 916. The smallest absolute Gasteiger partial charge is 0.326 e. The van der Waals surface area contributed by atoms with E-state index >= 15 is 0 Å². The molecule has 0 unspecified atom stereocenters. The van der Waals surface area contributed by atoms with Crippen molar-refractivity contribution in [2.24, 2.45) is 0 Å². The maximum absolute atomic E-state index is 13.3. The molecule has 32 heavy (non-hydrogen) atoms. The summed E-state index contributed by atoms with van der Waals surface area (Å²) in [5.74, 6) is -0.984. The highest BCUT2D eigenvalue weighted by atomic mass is 32.2. The lowest BCUT2D eigenvalue weighted by atomic mass is 10.1. The zero-order valence-electron chi connectivity index (χ0n) is 19.9. The van der Waals surface area contributed by atoms with Crippen molar-refractivity contribution in [2.45, 2.75) is 45.1 Å². The van der Waals surface area contributed by atoms with Crippen LogP contribution in [0.4, 0.5) is 5.69 Å². The third-order valence-corrected chi connectivity index (χ3v) is 7.07. The van der Waals surface area contributed by atoms with E-state index in [0.717, 1.165) is 0 Å². The van der Waals surface area contributed by atoms with Crippen LogP contribution in [0.15, 0.2) is 23.1 Å². The summed E-state index contributed by atoms with van der Waals surface area (Å²) < 4.78 is 38.2. The van der Waals surface area contributed by atoms with Crippen molar-refractivity contribution in [3.8, 4) is 0 Å². The van der Waals surface area contributed by atoms with Crippen LogP contribution in [-0.2, 0) is 24.3 Å². The lowest BCUT2D eigenvalue weighted by Crippen LogP contribution is -2.40. The molecule has 0 spiro atoms. The lowest BCUT2D eigenvalue weighted by molar-refractivity contribution is -0.155. The van der Waals surface area contributed by atoms with Crippen molar-refractivity contribution in [3.05, 3.63) is 23.8 Å². The van der Waals surface area contributed by atoms with Gasteiger partial charge in [0.25, 0.3) is 5.91 Å². The van der Waals surface area contributed by atoms with Gasteiger partial charge in [-0.05, 0) is 39.0 Å². The number of nitrogens with zero attached hydrogens (tertiary/aromatic N) is 3. The largest absolute Gasteiger partial charge is 0.459 e. The molecule has 0 aliphatic carbocycles. The van der Waals surface area contributed by atoms with E-state index in [1.54, 1.807) is 40.7 Å². The summed E-state index contributed by atoms with van der Waals surface area (Å²) >= 11 is 0. The van der Waals surface area contributed by atoms with Gasteiger partial charge in [-0.3, -0.25) is 9.59 Å². The fourth-order valence-electron chi connectivity index (χ4n) is 3.48. The molecule has 1 aliphatic rings. The molecule has 1 aliphatic heterocycles. The number of anilines is 1. The third kappa shape index (κ3) is 6.43. The topological polar surface area (TPSA) is 96.5 Å². The van der Waals surface area contributed by atoms with Gasteiger partial charge in [-0.1, -0.05) is 13.8 Å². The monoisotopic (exact) mass is 469 g/mol. The summed E-state index contributed by atoms with van der Waals surface area (Å²) in [7, 11) is -2.25. The zero-order valence-corrected chi connectivity index (χ0v) is 20.7. The average Bonchev–Trinajstić information content (AvgIpc) is 2.72. The number of esters is 1. The normalized spacial score (nSPS) is 15.0. The number of hydrogen-bond donors (Lipinski definition) is 0. The predicted octanol–water partition coefficient (Wildman–Crippen LogP) is 1.97. The fraction of sp³-hybridized carbons (Fsp3) is 0.636. The first-order chi connectivity index (χ1) is 14.9. The van der Waals surface area contributed by atoms with Gasteiger partial charge >= 0.3 is 5.97 Å². The Kier molecular flexibility index (Phi) is 8.67. The summed E-state index contributed by atoms with van der Waals surface area (Å²) in [6.45, 7) is 11.4. The SMILES string of the molecule is CCN(CC)S(=O)(=O)c1ccc(N2CCOCC2)c(C(=O)N(C)CC(=O)OC(C)(C)C)c1. The van der Waals surface area contributed by atoms with E-state index in [4.69, 9.17) is 9.47 Å². The van der Waals surface area contributed by atoms with Gasteiger partial charge in [0.1, 0.15) is 12.1 Å². The molecule has 0 atom stereocenters. The highest BCUT2D eigenvalue weighted by Crippen LogP contribution is 2.28. The van der Waals surface area contributed by atoms with Crippen molar-refractivity contribution in [3.63, 3.8) is 0 Å². The molecular formula is C22H35N3O6S. The van der Waals surface area contributed by atoms with Crippen LogP contribution in [-0.4, -0.2) is 88.1 Å². The van der Waals surface area contributed by atoms with Gasteiger partial charge < -0.3 is 19.3 Å². The number of morpholine rings is 1. The number of benzene rings is 1. The van der Waals surface area contributed by atoms with Crippen LogP contribution < -0.4 is 4.90 Å². The first kappa shape index (κ1) is 26.1. The predicted molar refractivity (Wildman–Crippen MR) is 122 cm³/mol. The molecule has 180 valence electrons. The minimum Gasteiger partial charge on any atom is -0.459 e. The number of sulfonamides is 1. The minimum atomic E-state index is -3.75. The molecule has 1 amide bonds. The Balaban J connectivity index is 2.43. The summed E-state index contributed by atoms with van der Waals surface area (Å²) in [5.41, 5.74) is 0.177. The van der Waals surface area contributed by atoms with Gasteiger partial charge in [-0.2, -0.15) is 4.31 Å². The van der Waals surface area contributed by atoms with Crippen LogP contribution in [0, 0.1) is 0 Å². The number of carbonyl (C=O) groups excluding carboxylic acids is 2. The molecule has 1 aromatic rings. The number of carbonyl (C=O) groups is 2. The molecule has 0 radical (unpaired) electrons. The van der Waals surface area contributed by atoms with Gasteiger partial charge in [0, 0.05) is 38.9 Å². The molecule has 1 fully saturated rings. The van der Waals surface area contributed by atoms with Crippen LogP contribution >= 0.6 is 0 Å². The molecule has 0 aromatic heterocycles. The maximum atomic E-state index is 13.3.